The summed E-state index contributed by atoms with van der Waals surface area (Å²) in [4.78, 5) is 12.3. The van der Waals surface area contributed by atoms with E-state index in [-0.39, 0.29) is 12.3 Å². The van der Waals surface area contributed by atoms with Crippen molar-refractivity contribution < 1.29 is 42.2 Å². The molecule has 124 valence electrons. The smallest absolute Gasteiger partial charge is 0.573 e. The van der Waals surface area contributed by atoms with Gasteiger partial charge in [-0.15, -0.1) is 13.2 Å². The molecule has 7 nitrogen and oxygen atoms in total. The zero-order chi connectivity index (χ0) is 16.8. The second-order valence-corrected chi connectivity index (χ2v) is 5.16. The maximum Gasteiger partial charge on any atom is 0.573 e. The lowest BCUT2D eigenvalue weighted by atomic mass is 9.91. The molecule has 11 heteroatoms. The molecule has 1 aromatic carbocycles. The third-order valence-electron chi connectivity index (χ3n) is 3.34. The Morgan fingerprint density at radius 2 is 2.13 bits per heavy atom. The first-order valence-electron chi connectivity index (χ1n) is 6.75. The Balaban J connectivity index is 2.05. The number of benzene rings is 1. The molecule has 3 rings (SSSR count). The Labute approximate surface area is 128 Å². The Bertz CT molecular complexity index is 636. The molecule has 1 fully saturated rings. The van der Waals surface area contributed by atoms with Crippen molar-refractivity contribution in [1.82, 2.24) is 0 Å². The molecular formula is C12H11BF3NO6. The summed E-state index contributed by atoms with van der Waals surface area (Å²) in [6.07, 6.45) is -4.04. The molecule has 1 amide bonds. The standard InChI is InChI=1S/C12H11BF3NO6/c14-12(15,16)22-7-3-4-8-10(23-13(19)5-21-8)9(7)11(18)17(20)6-1-2-6/h3-4,6,17,19H,1-2,5H2. The molecule has 2 N–H and O–H groups in total. The average molecular weight is 333 g/mol. The predicted octanol–water partition coefficient (Wildman–Crippen LogP) is 0.0614. The van der Waals surface area contributed by atoms with Gasteiger partial charge in [0, 0.05) is 12.8 Å². The number of alkyl halides is 3. The lowest BCUT2D eigenvalue weighted by Crippen LogP contribution is -3.11. The molecule has 1 aliphatic heterocycles. The van der Waals surface area contributed by atoms with Crippen molar-refractivity contribution >= 4 is 13.0 Å². The summed E-state index contributed by atoms with van der Waals surface area (Å²) in [5.41, 5.74) is -0.685. The van der Waals surface area contributed by atoms with E-state index in [2.05, 4.69) is 4.74 Å². The molecule has 0 aromatic heterocycles. The Hall–Kier alpha value is -1.98. The van der Waals surface area contributed by atoms with Crippen molar-refractivity contribution in [2.24, 2.45) is 0 Å². The van der Waals surface area contributed by atoms with Crippen molar-refractivity contribution in [3.8, 4) is 17.2 Å². The first kappa shape index (κ1) is 15.9. The van der Waals surface area contributed by atoms with Crippen LogP contribution < -0.4 is 19.2 Å². The van der Waals surface area contributed by atoms with E-state index in [4.69, 9.17) is 9.39 Å². The number of hydrogen-bond acceptors (Lipinski definition) is 6. The number of hydroxylamine groups is 2. The number of amides is 1. The molecule has 1 atom stereocenters. The summed E-state index contributed by atoms with van der Waals surface area (Å²) < 4.78 is 51.5. The third-order valence-corrected chi connectivity index (χ3v) is 3.34. The molecule has 23 heavy (non-hydrogen) atoms. The zero-order valence-corrected chi connectivity index (χ0v) is 11.6. The first-order chi connectivity index (χ1) is 10.8. The van der Waals surface area contributed by atoms with E-state index in [1.165, 1.54) is 0 Å². The Morgan fingerprint density at radius 3 is 2.74 bits per heavy atom. The number of carbonyl (C=O) groups excluding carboxylic acids is 1. The minimum atomic E-state index is -5.06. The van der Waals surface area contributed by atoms with E-state index >= 15 is 0 Å². The van der Waals surface area contributed by atoms with Gasteiger partial charge in [-0.25, -0.2) is 4.79 Å². The van der Waals surface area contributed by atoms with Gasteiger partial charge in [0.05, 0.1) is 6.04 Å². The van der Waals surface area contributed by atoms with Gasteiger partial charge >= 0.3 is 19.4 Å². The fourth-order valence-electron chi connectivity index (χ4n) is 2.19. The molecule has 2 aliphatic rings. The minimum Gasteiger partial charge on any atom is -0.626 e. The third kappa shape index (κ3) is 3.36. The topological polar surface area (TPSA) is 92.5 Å². The van der Waals surface area contributed by atoms with Gasteiger partial charge in [0.15, 0.2) is 17.1 Å². The van der Waals surface area contributed by atoms with Gasteiger partial charge in [-0.2, -0.15) is 0 Å². The second-order valence-electron chi connectivity index (χ2n) is 5.16. The number of hydrogen-bond donors (Lipinski definition) is 2. The highest BCUT2D eigenvalue weighted by atomic mass is 19.4. The minimum absolute atomic E-state index is 0.0447. The van der Waals surface area contributed by atoms with Gasteiger partial charge in [0.25, 0.3) is 0 Å². The monoisotopic (exact) mass is 333 g/mol. The van der Waals surface area contributed by atoms with E-state index in [1.54, 1.807) is 0 Å². The molecule has 0 spiro atoms. The van der Waals surface area contributed by atoms with Gasteiger partial charge in [0.2, 0.25) is 0 Å². The van der Waals surface area contributed by atoms with Crippen molar-refractivity contribution in [2.45, 2.75) is 25.2 Å². The molecule has 0 radical (unpaired) electrons. The molecule has 1 aliphatic carbocycles. The van der Waals surface area contributed by atoms with Crippen molar-refractivity contribution in [2.75, 3.05) is 6.51 Å². The molecule has 0 bridgehead atoms. The predicted molar refractivity (Wildman–Crippen MR) is 68.9 cm³/mol. The lowest BCUT2D eigenvalue weighted by molar-refractivity contribution is -0.770. The van der Waals surface area contributed by atoms with Crippen LogP contribution in [0.15, 0.2) is 12.1 Å². The van der Waals surface area contributed by atoms with E-state index in [0.29, 0.717) is 12.8 Å². The van der Waals surface area contributed by atoms with E-state index < -0.39 is 47.6 Å². The molecule has 0 saturated heterocycles. The SMILES string of the molecule is O=C(c1c(OC(F)(F)F)ccc2c1OB(O)CO2)[NH+]([O-])C1CC1. The van der Waals surface area contributed by atoms with Gasteiger partial charge in [-0.1, -0.05) is 0 Å². The highest BCUT2D eigenvalue weighted by molar-refractivity contribution is 6.44. The number of quaternary nitrogens is 1. The highest BCUT2D eigenvalue weighted by Crippen LogP contribution is 2.41. The summed E-state index contributed by atoms with van der Waals surface area (Å²) >= 11 is 0. The first-order valence-corrected chi connectivity index (χ1v) is 6.75. The summed E-state index contributed by atoms with van der Waals surface area (Å²) in [5.74, 6) is -2.49. The van der Waals surface area contributed by atoms with Crippen LogP contribution in [-0.2, 0) is 0 Å². The summed E-state index contributed by atoms with van der Waals surface area (Å²) in [6.45, 7) is -0.253. The summed E-state index contributed by atoms with van der Waals surface area (Å²) in [7, 11) is -1.47. The maximum absolute atomic E-state index is 12.5. The van der Waals surface area contributed by atoms with Crippen LogP contribution in [0.3, 0.4) is 0 Å². The van der Waals surface area contributed by atoms with E-state index in [9.17, 15) is 28.2 Å². The van der Waals surface area contributed by atoms with Gasteiger partial charge in [0.1, 0.15) is 12.3 Å². The van der Waals surface area contributed by atoms with E-state index in [0.717, 1.165) is 12.1 Å². The molecular weight excluding hydrogens is 322 g/mol. The fraction of sp³-hybridized carbons (Fsp3) is 0.417. The second kappa shape index (κ2) is 5.58. The number of rotatable bonds is 3. The van der Waals surface area contributed by atoms with Crippen LogP contribution in [0.25, 0.3) is 0 Å². The van der Waals surface area contributed by atoms with Crippen LogP contribution in [0.4, 0.5) is 13.2 Å². The normalized spacial score (nSPS) is 18.6. The Kier molecular flexibility index (Phi) is 3.86. The van der Waals surface area contributed by atoms with Crippen molar-refractivity contribution in [1.29, 1.82) is 0 Å². The number of halogens is 3. The number of ether oxygens (including phenoxy) is 2. The number of carbonyl (C=O) groups is 1. The Morgan fingerprint density at radius 1 is 1.43 bits per heavy atom. The average Bonchev–Trinajstić information content (AvgIpc) is 3.28. The molecule has 1 unspecified atom stereocenters. The molecule has 1 saturated carbocycles. The fourth-order valence-corrected chi connectivity index (χ4v) is 2.19. The highest BCUT2D eigenvalue weighted by Gasteiger charge is 2.41. The van der Waals surface area contributed by atoms with Crippen LogP contribution in [0.1, 0.15) is 23.2 Å². The maximum atomic E-state index is 12.5. The zero-order valence-electron chi connectivity index (χ0n) is 11.6. The molecule has 1 heterocycles. The number of nitrogens with one attached hydrogen (secondary N) is 1. The van der Waals surface area contributed by atoms with Crippen molar-refractivity contribution in [3.05, 3.63) is 22.9 Å². The van der Waals surface area contributed by atoms with Gasteiger partial charge in [-0.05, 0) is 12.1 Å². The van der Waals surface area contributed by atoms with Crippen LogP contribution in [0.5, 0.6) is 17.2 Å². The van der Waals surface area contributed by atoms with Crippen LogP contribution in [0.2, 0.25) is 0 Å². The van der Waals surface area contributed by atoms with Gasteiger partial charge in [-0.3, -0.25) is 0 Å². The van der Waals surface area contributed by atoms with Crippen LogP contribution in [0, 0.1) is 5.21 Å². The largest absolute Gasteiger partial charge is 0.626 e. The quantitative estimate of drug-likeness (QED) is 0.600. The van der Waals surface area contributed by atoms with Crippen LogP contribution in [-0.4, -0.2) is 37.0 Å². The molecule has 1 aromatic rings. The number of fused-ring (bicyclic) bond motifs is 1. The summed E-state index contributed by atoms with van der Waals surface area (Å²) in [5, 5.41) is 20.6. The lowest BCUT2D eigenvalue weighted by Gasteiger charge is -2.26. The van der Waals surface area contributed by atoms with Crippen LogP contribution >= 0.6 is 0 Å². The summed E-state index contributed by atoms with van der Waals surface area (Å²) in [6, 6.07) is 1.49. The van der Waals surface area contributed by atoms with E-state index in [1.807, 2.05) is 0 Å². The van der Waals surface area contributed by atoms with Crippen molar-refractivity contribution in [3.63, 3.8) is 0 Å². The van der Waals surface area contributed by atoms with Gasteiger partial charge < -0.3 is 29.4 Å².